The molecular weight excluding hydrogens is 298 g/mol. The molecule has 6 nitrogen and oxygen atoms in total. The van der Waals surface area contributed by atoms with E-state index in [9.17, 15) is 13.2 Å². The largest absolute Gasteiger partial charge is 0.351 e. The van der Waals surface area contributed by atoms with Gasteiger partial charge in [0.1, 0.15) is 0 Å². The van der Waals surface area contributed by atoms with E-state index in [-0.39, 0.29) is 5.91 Å². The molecule has 8 heteroatoms. The van der Waals surface area contributed by atoms with E-state index in [0.29, 0.717) is 38.3 Å². The Balaban J connectivity index is 1.68. The van der Waals surface area contributed by atoms with Crippen LogP contribution in [0.1, 0.15) is 10.4 Å². The summed E-state index contributed by atoms with van der Waals surface area (Å²) in [5.41, 5.74) is 0.692. The summed E-state index contributed by atoms with van der Waals surface area (Å²) in [5.74, 6) is -0.0546. The van der Waals surface area contributed by atoms with Gasteiger partial charge in [0.2, 0.25) is 10.0 Å². The van der Waals surface area contributed by atoms with Crippen molar-refractivity contribution in [2.24, 2.45) is 0 Å². The van der Waals surface area contributed by atoms with Gasteiger partial charge in [0.05, 0.1) is 6.26 Å². The number of carbonyl (C=O) groups is 1. The van der Waals surface area contributed by atoms with E-state index in [1.807, 2.05) is 10.8 Å². The van der Waals surface area contributed by atoms with Gasteiger partial charge in [-0.25, -0.2) is 8.42 Å². The maximum absolute atomic E-state index is 11.7. The van der Waals surface area contributed by atoms with Crippen LogP contribution >= 0.6 is 11.3 Å². The van der Waals surface area contributed by atoms with Crippen molar-refractivity contribution in [1.29, 1.82) is 0 Å². The third-order valence-electron chi connectivity index (χ3n) is 3.30. The Morgan fingerprint density at radius 2 is 2.05 bits per heavy atom. The molecule has 2 heterocycles. The molecule has 1 aliphatic rings. The van der Waals surface area contributed by atoms with Crippen molar-refractivity contribution < 1.29 is 13.2 Å². The fourth-order valence-electron chi connectivity index (χ4n) is 2.11. The van der Waals surface area contributed by atoms with E-state index in [1.165, 1.54) is 21.9 Å². The van der Waals surface area contributed by atoms with Crippen molar-refractivity contribution in [2.75, 3.05) is 45.5 Å². The molecule has 1 saturated heterocycles. The average molecular weight is 317 g/mol. The summed E-state index contributed by atoms with van der Waals surface area (Å²) < 4.78 is 24.3. The Bertz CT molecular complexity index is 534. The highest BCUT2D eigenvalue weighted by Gasteiger charge is 2.22. The third-order valence-corrected chi connectivity index (χ3v) is 5.28. The lowest BCUT2D eigenvalue weighted by molar-refractivity contribution is 0.0945. The first-order valence-corrected chi connectivity index (χ1v) is 9.24. The molecule has 0 bridgehead atoms. The van der Waals surface area contributed by atoms with Gasteiger partial charge in [-0.3, -0.25) is 9.69 Å². The molecule has 0 spiro atoms. The van der Waals surface area contributed by atoms with Crippen molar-refractivity contribution in [3.8, 4) is 0 Å². The second-order valence-corrected chi connectivity index (χ2v) is 7.53. The van der Waals surface area contributed by atoms with Crippen LogP contribution in [0.5, 0.6) is 0 Å². The molecule has 1 amide bonds. The van der Waals surface area contributed by atoms with Gasteiger partial charge in [-0.15, -0.1) is 0 Å². The zero-order valence-electron chi connectivity index (χ0n) is 11.4. The Morgan fingerprint density at radius 1 is 1.35 bits per heavy atom. The summed E-state index contributed by atoms with van der Waals surface area (Å²) in [6, 6.07) is 1.80. The number of thiophene rings is 1. The van der Waals surface area contributed by atoms with E-state index < -0.39 is 10.0 Å². The van der Waals surface area contributed by atoms with E-state index in [0.717, 1.165) is 6.54 Å². The highest BCUT2D eigenvalue weighted by atomic mass is 32.2. The smallest absolute Gasteiger partial charge is 0.252 e. The van der Waals surface area contributed by atoms with Crippen LogP contribution in [-0.2, 0) is 10.0 Å². The number of carbonyl (C=O) groups excluding carboxylic acids is 1. The molecule has 1 fully saturated rings. The zero-order chi connectivity index (χ0) is 14.6. The molecule has 1 aromatic rings. The van der Waals surface area contributed by atoms with Crippen LogP contribution in [0.2, 0.25) is 0 Å². The second-order valence-electron chi connectivity index (χ2n) is 4.77. The van der Waals surface area contributed by atoms with Crippen molar-refractivity contribution in [3.63, 3.8) is 0 Å². The van der Waals surface area contributed by atoms with Gasteiger partial charge in [0.25, 0.3) is 5.91 Å². The highest BCUT2D eigenvalue weighted by molar-refractivity contribution is 7.88. The van der Waals surface area contributed by atoms with Crippen molar-refractivity contribution in [3.05, 3.63) is 22.4 Å². The molecule has 112 valence electrons. The molecule has 1 aromatic heterocycles. The molecule has 0 atom stereocenters. The minimum absolute atomic E-state index is 0.0546. The summed E-state index contributed by atoms with van der Waals surface area (Å²) in [5, 5.41) is 6.56. The van der Waals surface area contributed by atoms with Crippen molar-refractivity contribution in [2.45, 2.75) is 0 Å². The van der Waals surface area contributed by atoms with E-state index in [2.05, 4.69) is 10.2 Å². The van der Waals surface area contributed by atoms with Gasteiger partial charge in [-0.05, 0) is 11.4 Å². The first kappa shape index (κ1) is 15.4. The summed E-state index contributed by atoms with van der Waals surface area (Å²) in [4.78, 5) is 13.9. The van der Waals surface area contributed by atoms with E-state index in [1.54, 1.807) is 6.07 Å². The number of sulfonamides is 1. The number of piperazine rings is 1. The van der Waals surface area contributed by atoms with Crippen molar-refractivity contribution in [1.82, 2.24) is 14.5 Å². The molecular formula is C12H19N3O3S2. The highest BCUT2D eigenvalue weighted by Crippen LogP contribution is 2.06. The molecule has 2 rings (SSSR count). The maximum Gasteiger partial charge on any atom is 0.252 e. The van der Waals surface area contributed by atoms with Crippen LogP contribution in [-0.4, -0.2) is 69.1 Å². The molecule has 20 heavy (non-hydrogen) atoms. The Kier molecular flexibility index (Phi) is 5.14. The lowest BCUT2D eigenvalue weighted by atomic mass is 10.3. The average Bonchev–Trinajstić information content (AvgIpc) is 2.92. The van der Waals surface area contributed by atoms with Gasteiger partial charge in [0.15, 0.2) is 0 Å². The van der Waals surface area contributed by atoms with Crippen LogP contribution in [0.4, 0.5) is 0 Å². The summed E-state index contributed by atoms with van der Waals surface area (Å²) in [6.07, 6.45) is 1.24. The van der Waals surface area contributed by atoms with Gasteiger partial charge >= 0.3 is 0 Å². The topological polar surface area (TPSA) is 69.7 Å². The van der Waals surface area contributed by atoms with E-state index in [4.69, 9.17) is 0 Å². The maximum atomic E-state index is 11.7. The van der Waals surface area contributed by atoms with Gasteiger partial charge in [-0.2, -0.15) is 15.6 Å². The van der Waals surface area contributed by atoms with Gasteiger partial charge in [0, 0.05) is 50.2 Å². The third kappa shape index (κ3) is 4.27. The molecule has 0 radical (unpaired) electrons. The predicted octanol–water partition coefficient (Wildman–Crippen LogP) is 0.0551. The number of nitrogens with zero attached hydrogens (tertiary/aromatic N) is 2. The lowest BCUT2D eigenvalue weighted by Crippen LogP contribution is -2.49. The molecule has 1 N–H and O–H groups in total. The minimum atomic E-state index is -3.07. The van der Waals surface area contributed by atoms with Crippen LogP contribution in [0.25, 0.3) is 0 Å². The first-order valence-electron chi connectivity index (χ1n) is 6.45. The monoisotopic (exact) mass is 317 g/mol. The first-order chi connectivity index (χ1) is 9.47. The SMILES string of the molecule is CS(=O)(=O)N1CCN(CCNC(=O)c2ccsc2)CC1. The predicted molar refractivity (Wildman–Crippen MR) is 79.5 cm³/mol. The molecule has 0 saturated carbocycles. The van der Waals surface area contributed by atoms with Crippen LogP contribution in [0.15, 0.2) is 16.8 Å². The standard InChI is InChI=1S/C12H19N3O3S2/c1-20(17,18)15-7-5-14(6-8-15)4-3-13-12(16)11-2-9-19-10-11/h2,9-10H,3-8H2,1H3,(H,13,16). The summed E-state index contributed by atoms with van der Waals surface area (Å²) >= 11 is 1.50. The Labute approximate surface area is 123 Å². The summed E-state index contributed by atoms with van der Waals surface area (Å²) in [6.45, 7) is 3.79. The lowest BCUT2D eigenvalue weighted by Gasteiger charge is -2.33. The molecule has 1 aliphatic heterocycles. The molecule has 0 aliphatic carbocycles. The van der Waals surface area contributed by atoms with Crippen molar-refractivity contribution >= 4 is 27.3 Å². The number of amides is 1. The fourth-order valence-corrected chi connectivity index (χ4v) is 3.57. The number of hydrogen-bond donors (Lipinski definition) is 1. The van der Waals surface area contributed by atoms with Crippen LogP contribution in [0, 0.1) is 0 Å². The second kappa shape index (κ2) is 6.66. The molecule has 0 aromatic carbocycles. The Morgan fingerprint density at radius 3 is 2.60 bits per heavy atom. The zero-order valence-corrected chi connectivity index (χ0v) is 13.0. The van der Waals surface area contributed by atoms with Gasteiger partial charge < -0.3 is 5.32 Å². The van der Waals surface area contributed by atoms with E-state index >= 15 is 0 Å². The van der Waals surface area contributed by atoms with Gasteiger partial charge in [-0.1, -0.05) is 0 Å². The number of nitrogens with one attached hydrogen (secondary N) is 1. The van der Waals surface area contributed by atoms with Crippen LogP contribution < -0.4 is 5.32 Å². The molecule has 0 unspecified atom stereocenters. The number of hydrogen-bond acceptors (Lipinski definition) is 5. The van der Waals surface area contributed by atoms with Crippen LogP contribution in [0.3, 0.4) is 0 Å². The number of rotatable bonds is 5. The summed E-state index contributed by atoms with van der Waals surface area (Å²) in [7, 11) is -3.07. The fraction of sp³-hybridized carbons (Fsp3) is 0.583. The Hall–Kier alpha value is -0.960. The quantitative estimate of drug-likeness (QED) is 0.833. The minimum Gasteiger partial charge on any atom is -0.351 e. The normalized spacial score (nSPS) is 18.1.